The maximum atomic E-state index is 5.94. The third kappa shape index (κ3) is 3.71. The highest BCUT2D eigenvalue weighted by molar-refractivity contribution is 7.80. The van der Waals surface area contributed by atoms with Crippen molar-refractivity contribution < 1.29 is 9.47 Å². The number of fused-ring (bicyclic) bond motifs is 1. The first kappa shape index (κ1) is 22.6. The highest BCUT2D eigenvalue weighted by atomic mass is 32.1. The number of aromatic nitrogens is 2. The molecule has 6 nitrogen and oxygen atoms in total. The molecule has 2 aromatic carbocycles. The van der Waals surface area contributed by atoms with Crippen molar-refractivity contribution >= 4 is 23.0 Å². The summed E-state index contributed by atoms with van der Waals surface area (Å²) in [5, 5.41) is 4.29. The van der Waals surface area contributed by atoms with Crippen LogP contribution < -0.4 is 19.7 Å². The van der Waals surface area contributed by atoms with Crippen LogP contribution >= 0.6 is 12.2 Å². The Labute approximate surface area is 216 Å². The Balaban J connectivity index is 1.51. The second-order valence-corrected chi connectivity index (χ2v) is 9.93. The molecule has 2 aliphatic heterocycles. The molecule has 1 fully saturated rings. The molecule has 4 heterocycles. The van der Waals surface area contributed by atoms with Crippen LogP contribution in [0.4, 0.5) is 5.69 Å². The van der Waals surface area contributed by atoms with Gasteiger partial charge in [0.25, 0.3) is 0 Å². The summed E-state index contributed by atoms with van der Waals surface area (Å²) >= 11 is 5.94. The Kier molecular flexibility index (Phi) is 5.45. The lowest BCUT2D eigenvalue weighted by atomic mass is 9.96. The SMILES string of the molecule is Cc1cc(C)cc(N2C(=S)N[C@@H](c3ccccn3)[C@H]2c2cc(C)n(-c3ccc4c(c3)OCO4)c2C)c1. The van der Waals surface area contributed by atoms with Crippen LogP contribution in [-0.2, 0) is 0 Å². The van der Waals surface area contributed by atoms with E-state index in [2.05, 4.69) is 78.9 Å². The van der Waals surface area contributed by atoms with E-state index in [0.29, 0.717) is 5.11 Å². The van der Waals surface area contributed by atoms with E-state index in [9.17, 15) is 0 Å². The molecule has 0 aliphatic carbocycles. The first-order valence-electron chi connectivity index (χ1n) is 12.1. The minimum absolute atomic E-state index is 0.0671. The molecule has 0 amide bonds. The van der Waals surface area contributed by atoms with Gasteiger partial charge in [0.2, 0.25) is 6.79 Å². The molecular formula is C29H28N4O2S. The van der Waals surface area contributed by atoms with Gasteiger partial charge < -0.3 is 24.3 Å². The predicted octanol–water partition coefficient (Wildman–Crippen LogP) is 6.01. The fourth-order valence-electron chi connectivity index (χ4n) is 5.55. The Hall–Kier alpha value is -3.84. The van der Waals surface area contributed by atoms with Crippen molar-refractivity contribution in [2.75, 3.05) is 11.7 Å². The van der Waals surface area contributed by atoms with Crippen molar-refractivity contribution in [1.82, 2.24) is 14.9 Å². The summed E-state index contributed by atoms with van der Waals surface area (Å²) in [6.07, 6.45) is 1.84. The van der Waals surface area contributed by atoms with Crippen LogP contribution in [0.3, 0.4) is 0 Å². The molecule has 2 atom stereocenters. The van der Waals surface area contributed by atoms with Crippen molar-refractivity contribution in [3.8, 4) is 17.2 Å². The quantitative estimate of drug-likeness (QED) is 0.349. The summed E-state index contributed by atoms with van der Waals surface area (Å²) in [6, 6.07) is 20.8. The second kappa shape index (κ2) is 8.68. The van der Waals surface area contributed by atoms with Gasteiger partial charge >= 0.3 is 0 Å². The van der Waals surface area contributed by atoms with Crippen LogP contribution in [0, 0.1) is 27.7 Å². The molecule has 182 valence electrons. The molecule has 1 N–H and O–H groups in total. The molecule has 2 aliphatic rings. The van der Waals surface area contributed by atoms with Crippen LogP contribution in [-0.4, -0.2) is 21.5 Å². The smallest absolute Gasteiger partial charge is 0.231 e. The van der Waals surface area contributed by atoms with Crippen LogP contribution in [0.25, 0.3) is 5.69 Å². The lowest BCUT2D eigenvalue weighted by molar-refractivity contribution is 0.174. The van der Waals surface area contributed by atoms with Gasteiger partial charge in [0.15, 0.2) is 16.6 Å². The first-order chi connectivity index (χ1) is 17.4. The molecule has 0 spiro atoms. The fraction of sp³-hybridized carbons (Fsp3) is 0.241. The van der Waals surface area contributed by atoms with Crippen molar-refractivity contribution in [2.24, 2.45) is 0 Å². The van der Waals surface area contributed by atoms with Crippen LogP contribution in [0.2, 0.25) is 0 Å². The van der Waals surface area contributed by atoms with Gasteiger partial charge in [0.05, 0.1) is 17.8 Å². The number of nitrogens with one attached hydrogen (secondary N) is 1. The molecule has 0 saturated carbocycles. The molecule has 1 saturated heterocycles. The number of pyridine rings is 1. The number of hydrogen-bond acceptors (Lipinski definition) is 4. The van der Waals surface area contributed by atoms with E-state index in [1.165, 1.54) is 16.7 Å². The normalized spacial score (nSPS) is 18.6. The van der Waals surface area contributed by atoms with Crippen LogP contribution in [0.15, 0.2) is 66.9 Å². The lowest BCUT2D eigenvalue weighted by Gasteiger charge is -2.29. The predicted molar refractivity (Wildman–Crippen MR) is 145 cm³/mol. The Morgan fingerprint density at radius 2 is 1.67 bits per heavy atom. The Morgan fingerprint density at radius 1 is 0.889 bits per heavy atom. The zero-order valence-electron chi connectivity index (χ0n) is 20.8. The number of hydrogen-bond donors (Lipinski definition) is 1. The summed E-state index contributed by atoms with van der Waals surface area (Å²) in [5.41, 5.74) is 8.99. The minimum atomic E-state index is -0.0924. The third-order valence-electron chi connectivity index (χ3n) is 6.99. The number of aryl methyl sites for hydroxylation is 3. The minimum Gasteiger partial charge on any atom is -0.454 e. The highest BCUT2D eigenvalue weighted by Gasteiger charge is 2.42. The average molecular weight is 497 g/mol. The zero-order chi connectivity index (χ0) is 25.0. The molecular weight excluding hydrogens is 468 g/mol. The van der Waals surface area contributed by atoms with Gasteiger partial charge in [-0.25, -0.2) is 0 Å². The van der Waals surface area contributed by atoms with E-state index in [-0.39, 0.29) is 18.9 Å². The summed E-state index contributed by atoms with van der Waals surface area (Å²) < 4.78 is 13.5. The van der Waals surface area contributed by atoms with Gasteiger partial charge in [-0.2, -0.15) is 0 Å². The van der Waals surface area contributed by atoms with E-state index >= 15 is 0 Å². The molecule has 36 heavy (non-hydrogen) atoms. The highest BCUT2D eigenvalue weighted by Crippen LogP contribution is 2.44. The Bertz CT molecular complexity index is 1460. The van der Waals surface area contributed by atoms with E-state index in [1.54, 1.807) is 0 Å². The fourth-order valence-corrected chi connectivity index (χ4v) is 5.89. The summed E-state index contributed by atoms with van der Waals surface area (Å²) in [6.45, 7) is 8.82. The van der Waals surface area contributed by atoms with Crippen molar-refractivity contribution in [2.45, 2.75) is 39.8 Å². The van der Waals surface area contributed by atoms with Gasteiger partial charge in [-0.15, -0.1) is 0 Å². The van der Waals surface area contributed by atoms with Gasteiger partial charge in [-0.1, -0.05) is 12.1 Å². The summed E-state index contributed by atoms with van der Waals surface area (Å²) in [4.78, 5) is 6.95. The molecule has 2 aromatic heterocycles. The summed E-state index contributed by atoms with van der Waals surface area (Å²) in [7, 11) is 0. The first-order valence-corrected chi connectivity index (χ1v) is 12.5. The second-order valence-electron chi connectivity index (χ2n) is 9.54. The van der Waals surface area contributed by atoms with Crippen LogP contribution in [0.1, 0.15) is 45.9 Å². The third-order valence-corrected chi connectivity index (χ3v) is 7.30. The van der Waals surface area contributed by atoms with Crippen molar-refractivity contribution in [3.05, 3.63) is 101 Å². The van der Waals surface area contributed by atoms with Gasteiger partial charge in [-0.05, 0) is 99.1 Å². The number of rotatable bonds is 4. The van der Waals surface area contributed by atoms with Crippen molar-refractivity contribution in [1.29, 1.82) is 0 Å². The monoisotopic (exact) mass is 496 g/mol. The number of benzene rings is 2. The summed E-state index contributed by atoms with van der Waals surface area (Å²) in [5.74, 6) is 1.55. The largest absolute Gasteiger partial charge is 0.454 e. The van der Waals surface area contributed by atoms with E-state index in [1.807, 2.05) is 30.5 Å². The van der Waals surface area contributed by atoms with Gasteiger partial charge in [0.1, 0.15) is 0 Å². The van der Waals surface area contributed by atoms with Crippen LogP contribution in [0.5, 0.6) is 11.5 Å². The molecule has 0 radical (unpaired) electrons. The lowest BCUT2D eigenvalue weighted by Crippen LogP contribution is -2.29. The van der Waals surface area contributed by atoms with E-state index in [4.69, 9.17) is 26.7 Å². The standard InChI is InChI=1S/C29H28N4O2S/c1-17-11-18(2)13-22(12-17)33-28(27(31-29(33)36)24-7-5-6-10-30-24)23-14-19(3)32(20(23)4)21-8-9-25-26(15-21)35-16-34-25/h5-15,27-28H,16H2,1-4H3,(H,31,36)/t27-,28+/m0/s1. The van der Waals surface area contributed by atoms with E-state index < -0.39 is 0 Å². The molecule has 0 unspecified atom stereocenters. The molecule has 0 bridgehead atoms. The van der Waals surface area contributed by atoms with Crippen molar-refractivity contribution in [3.63, 3.8) is 0 Å². The number of ether oxygens (including phenoxy) is 2. The molecule has 6 rings (SSSR count). The average Bonchev–Trinajstić information content (AvgIpc) is 3.53. The maximum Gasteiger partial charge on any atom is 0.231 e. The molecule has 4 aromatic rings. The van der Waals surface area contributed by atoms with Gasteiger partial charge in [0, 0.05) is 35.0 Å². The van der Waals surface area contributed by atoms with E-state index in [0.717, 1.165) is 40.0 Å². The topological polar surface area (TPSA) is 51.6 Å². The number of nitrogens with zero attached hydrogens (tertiary/aromatic N) is 3. The molecule has 7 heteroatoms. The Morgan fingerprint density at radius 3 is 2.42 bits per heavy atom. The van der Waals surface area contributed by atoms with Gasteiger partial charge in [-0.3, -0.25) is 4.98 Å². The number of anilines is 1. The number of thiocarbonyl (C=S) groups is 1. The maximum absolute atomic E-state index is 5.94. The zero-order valence-corrected chi connectivity index (χ0v) is 21.6.